The molecule has 0 aliphatic rings. The molecule has 0 aliphatic carbocycles. The Morgan fingerprint density at radius 3 is 1.91 bits per heavy atom. The molecule has 0 spiro atoms. The lowest BCUT2D eigenvalue weighted by atomic mass is 10.0. The van der Waals surface area contributed by atoms with E-state index in [-0.39, 0.29) is 29.9 Å². The van der Waals surface area contributed by atoms with Crippen LogP contribution in [0, 0.1) is 0 Å². The van der Waals surface area contributed by atoms with Crippen LogP contribution in [0.1, 0.15) is 125 Å². The first kappa shape index (κ1) is 38.1. The standard InChI is InChI=1S/C38H54ClN2O2.HI/c1-3-5-6-7-8-9-10-11-12-13-14-15-16-22-29-43-37-27-26-33(30-36(37)39)31-41(38(42)34-23-18-17-19-24-34)32-35-25-20-21-28-40(35)4-2;/h17-21,23-28,30H,3-16,22,29,31-32H2,1-2H3;1H/q+1;/p-1. The van der Waals surface area contributed by atoms with Crippen LogP contribution in [0.25, 0.3) is 0 Å². The topological polar surface area (TPSA) is 33.4 Å². The van der Waals surface area contributed by atoms with E-state index in [2.05, 4.69) is 30.7 Å². The molecule has 0 aliphatic heterocycles. The average Bonchev–Trinajstić information content (AvgIpc) is 3.03. The van der Waals surface area contributed by atoms with E-state index in [1.54, 1.807) is 0 Å². The fraction of sp³-hybridized carbons (Fsp3) is 0.526. The highest BCUT2D eigenvalue weighted by atomic mass is 127. The van der Waals surface area contributed by atoms with E-state index in [9.17, 15) is 4.79 Å². The monoisotopic (exact) mass is 732 g/mol. The molecule has 3 rings (SSSR count). The summed E-state index contributed by atoms with van der Waals surface area (Å²) in [6, 6.07) is 21.5. The Bertz CT molecular complexity index is 1190. The van der Waals surface area contributed by atoms with Crippen molar-refractivity contribution in [1.82, 2.24) is 4.90 Å². The van der Waals surface area contributed by atoms with Crippen molar-refractivity contribution >= 4 is 17.5 Å². The fourth-order valence-corrected chi connectivity index (χ4v) is 5.84. The summed E-state index contributed by atoms with van der Waals surface area (Å²) in [4.78, 5) is 15.4. The van der Waals surface area contributed by atoms with Crippen molar-refractivity contribution < 1.29 is 38.1 Å². The lowest BCUT2D eigenvalue weighted by molar-refractivity contribution is -0.701. The number of rotatable bonds is 22. The third-order valence-corrected chi connectivity index (χ3v) is 8.46. The first-order valence-corrected chi connectivity index (χ1v) is 17.2. The van der Waals surface area contributed by atoms with Crippen molar-refractivity contribution in [2.45, 2.75) is 123 Å². The molecule has 4 nitrogen and oxygen atoms in total. The van der Waals surface area contributed by atoms with Gasteiger partial charge in [0.25, 0.3) is 5.91 Å². The van der Waals surface area contributed by atoms with Crippen molar-refractivity contribution in [3.8, 4) is 5.75 Å². The van der Waals surface area contributed by atoms with Crippen molar-refractivity contribution in [3.05, 3.63) is 94.8 Å². The normalized spacial score (nSPS) is 10.8. The van der Waals surface area contributed by atoms with Gasteiger partial charge in [0.1, 0.15) is 18.8 Å². The number of aromatic nitrogens is 1. The Labute approximate surface area is 289 Å². The Balaban J connectivity index is 0.00000675. The molecule has 0 N–H and O–H groups in total. The Morgan fingerprint density at radius 2 is 1.32 bits per heavy atom. The highest BCUT2D eigenvalue weighted by Crippen LogP contribution is 2.27. The largest absolute Gasteiger partial charge is 1.00 e. The molecule has 44 heavy (non-hydrogen) atoms. The van der Waals surface area contributed by atoms with Crippen LogP contribution in [0.15, 0.2) is 72.9 Å². The first-order valence-electron chi connectivity index (χ1n) is 16.8. The van der Waals surface area contributed by atoms with Gasteiger partial charge >= 0.3 is 0 Å². The molecule has 242 valence electrons. The van der Waals surface area contributed by atoms with Gasteiger partial charge in [0.05, 0.1) is 11.6 Å². The maximum Gasteiger partial charge on any atom is 0.254 e. The highest BCUT2D eigenvalue weighted by molar-refractivity contribution is 6.32. The minimum atomic E-state index is 0. The van der Waals surface area contributed by atoms with E-state index in [0.29, 0.717) is 36.0 Å². The van der Waals surface area contributed by atoms with Crippen LogP contribution >= 0.6 is 11.6 Å². The number of amides is 1. The summed E-state index contributed by atoms with van der Waals surface area (Å²) in [5.74, 6) is 0.717. The van der Waals surface area contributed by atoms with E-state index >= 15 is 0 Å². The summed E-state index contributed by atoms with van der Waals surface area (Å²) >= 11 is 6.65. The molecule has 1 amide bonds. The van der Waals surface area contributed by atoms with E-state index in [4.69, 9.17) is 16.3 Å². The number of nitrogens with zero attached hydrogens (tertiary/aromatic N) is 2. The molecule has 0 bridgehead atoms. The summed E-state index contributed by atoms with van der Waals surface area (Å²) in [5, 5.41) is 0.596. The third-order valence-electron chi connectivity index (χ3n) is 8.16. The summed E-state index contributed by atoms with van der Waals surface area (Å²) in [7, 11) is 0. The van der Waals surface area contributed by atoms with Gasteiger partial charge in [0.15, 0.2) is 6.20 Å². The van der Waals surface area contributed by atoms with E-state index in [1.807, 2.05) is 65.6 Å². The van der Waals surface area contributed by atoms with Crippen LogP contribution in [0.5, 0.6) is 5.75 Å². The number of hydrogen-bond acceptors (Lipinski definition) is 2. The highest BCUT2D eigenvalue weighted by Gasteiger charge is 2.21. The Kier molecular flexibility index (Phi) is 20.1. The van der Waals surface area contributed by atoms with E-state index < -0.39 is 0 Å². The second kappa shape index (κ2) is 23.3. The molecule has 0 atom stereocenters. The molecular formula is C38H54ClIN2O2. The van der Waals surface area contributed by atoms with Crippen LogP contribution in [-0.4, -0.2) is 17.4 Å². The quantitative estimate of drug-likeness (QED) is 0.0615. The van der Waals surface area contributed by atoms with Crippen molar-refractivity contribution in [1.29, 1.82) is 0 Å². The number of carbonyl (C=O) groups excluding carboxylic acids is 1. The SMILES string of the molecule is CCCCCCCCCCCCCCCCOc1ccc(CN(Cc2cccc[n+]2CC)C(=O)c2ccccc2)cc1Cl.[I-]. The Morgan fingerprint density at radius 1 is 0.727 bits per heavy atom. The molecule has 0 saturated heterocycles. The molecule has 3 aromatic rings. The molecule has 0 fully saturated rings. The smallest absolute Gasteiger partial charge is 0.254 e. The molecule has 0 saturated carbocycles. The predicted molar refractivity (Wildman–Crippen MR) is 180 cm³/mol. The van der Waals surface area contributed by atoms with Gasteiger partial charge in [-0.15, -0.1) is 0 Å². The zero-order chi connectivity index (χ0) is 30.5. The Hall–Kier alpha value is -2.12. The fourth-order valence-electron chi connectivity index (χ4n) is 5.58. The van der Waals surface area contributed by atoms with Gasteiger partial charge in [-0.3, -0.25) is 4.79 Å². The number of ether oxygens (including phenoxy) is 1. The lowest BCUT2D eigenvalue weighted by Crippen LogP contribution is -3.00. The second-order valence-corrected chi connectivity index (χ2v) is 12.1. The van der Waals surface area contributed by atoms with Gasteiger partial charge < -0.3 is 33.6 Å². The molecule has 1 aromatic heterocycles. The molecular weight excluding hydrogens is 679 g/mol. The molecule has 1 heterocycles. The number of benzene rings is 2. The minimum absolute atomic E-state index is 0. The van der Waals surface area contributed by atoms with Crippen LogP contribution < -0.4 is 33.3 Å². The van der Waals surface area contributed by atoms with Crippen molar-refractivity contribution in [2.24, 2.45) is 0 Å². The van der Waals surface area contributed by atoms with E-state index in [0.717, 1.165) is 24.2 Å². The zero-order valence-electron chi connectivity index (χ0n) is 27.1. The maximum absolute atomic E-state index is 13.5. The zero-order valence-corrected chi connectivity index (χ0v) is 30.0. The number of hydrogen-bond donors (Lipinski definition) is 0. The van der Waals surface area contributed by atoms with Crippen LogP contribution in [0.2, 0.25) is 5.02 Å². The number of carbonyl (C=O) groups is 1. The number of pyridine rings is 1. The van der Waals surface area contributed by atoms with Crippen LogP contribution in [-0.2, 0) is 19.6 Å². The lowest BCUT2D eigenvalue weighted by Gasteiger charge is -2.22. The number of unbranched alkanes of at least 4 members (excludes halogenated alkanes) is 13. The maximum atomic E-state index is 13.5. The van der Waals surface area contributed by atoms with Gasteiger partial charge in [-0.25, -0.2) is 4.57 Å². The van der Waals surface area contributed by atoms with Crippen molar-refractivity contribution in [3.63, 3.8) is 0 Å². The minimum Gasteiger partial charge on any atom is -1.00 e. The second-order valence-electron chi connectivity index (χ2n) is 11.7. The van der Waals surface area contributed by atoms with E-state index in [1.165, 1.54) is 83.5 Å². The first-order chi connectivity index (χ1) is 21.1. The molecule has 0 radical (unpaired) electrons. The van der Waals surface area contributed by atoms with Gasteiger partial charge in [-0.05, 0) is 43.2 Å². The van der Waals surface area contributed by atoms with Gasteiger partial charge in [-0.1, -0.05) is 132 Å². The summed E-state index contributed by atoms with van der Waals surface area (Å²) in [6.07, 6.45) is 20.9. The number of aryl methyl sites for hydroxylation is 1. The predicted octanol–water partition coefficient (Wildman–Crippen LogP) is 7.35. The molecule has 6 heteroatoms. The van der Waals surface area contributed by atoms with Crippen molar-refractivity contribution in [2.75, 3.05) is 6.61 Å². The van der Waals surface area contributed by atoms with Gasteiger partial charge in [0, 0.05) is 24.2 Å². The third kappa shape index (κ3) is 14.3. The van der Waals surface area contributed by atoms with Crippen LogP contribution in [0.3, 0.4) is 0 Å². The molecule has 2 aromatic carbocycles. The van der Waals surface area contributed by atoms with Gasteiger partial charge in [0.2, 0.25) is 5.69 Å². The number of halogens is 2. The summed E-state index contributed by atoms with van der Waals surface area (Å²) in [5.41, 5.74) is 2.76. The van der Waals surface area contributed by atoms with Crippen LogP contribution in [0.4, 0.5) is 0 Å². The summed E-state index contributed by atoms with van der Waals surface area (Å²) in [6.45, 7) is 6.90. The summed E-state index contributed by atoms with van der Waals surface area (Å²) < 4.78 is 8.20. The average molecular weight is 733 g/mol. The van der Waals surface area contributed by atoms with Gasteiger partial charge in [-0.2, -0.15) is 0 Å². The molecule has 0 unspecified atom stereocenters.